The molecule has 1 heterocycles. The Bertz CT molecular complexity index is 754. The topological polar surface area (TPSA) is 83.6 Å². The lowest BCUT2D eigenvalue weighted by atomic mass is 9.88. The Morgan fingerprint density at radius 1 is 1.08 bits per heavy atom. The standard InChI is InChI=1S/C19H28N2O4S/c1-13(2)18(22)15-6-5-11-21(12-15)16-7-9-17(10-8-16)26(24,25)20-19(23)14(3)4/h7-10,13-15H,5-6,11-12H2,1-4H3,(H,20,23). The molecule has 144 valence electrons. The zero-order valence-corrected chi connectivity index (χ0v) is 16.7. The Morgan fingerprint density at radius 3 is 2.23 bits per heavy atom. The van der Waals surface area contributed by atoms with E-state index in [1.54, 1.807) is 26.0 Å². The SMILES string of the molecule is CC(C)C(=O)NS(=O)(=O)c1ccc(N2CCCC(C(=O)C(C)C)C2)cc1. The Hall–Kier alpha value is -1.89. The summed E-state index contributed by atoms with van der Waals surface area (Å²) >= 11 is 0. The maximum Gasteiger partial charge on any atom is 0.264 e. The van der Waals surface area contributed by atoms with Crippen molar-refractivity contribution in [3.05, 3.63) is 24.3 Å². The zero-order chi connectivity index (χ0) is 19.5. The van der Waals surface area contributed by atoms with E-state index in [2.05, 4.69) is 9.62 Å². The molecule has 1 fully saturated rings. The largest absolute Gasteiger partial charge is 0.371 e. The summed E-state index contributed by atoms with van der Waals surface area (Å²) < 4.78 is 26.6. The van der Waals surface area contributed by atoms with Gasteiger partial charge in [0.15, 0.2) is 0 Å². The number of nitrogens with one attached hydrogen (secondary N) is 1. The first-order valence-electron chi connectivity index (χ1n) is 9.07. The average Bonchev–Trinajstić information content (AvgIpc) is 2.60. The molecule has 1 aromatic carbocycles. The van der Waals surface area contributed by atoms with Gasteiger partial charge < -0.3 is 4.90 Å². The van der Waals surface area contributed by atoms with Crippen LogP contribution in [0.25, 0.3) is 0 Å². The number of Topliss-reactive ketones (excluding diaryl/α,β-unsaturated/α-hetero) is 1. The number of amides is 1. The van der Waals surface area contributed by atoms with E-state index in [1.807, 2.05) is 13.8 Å². The molecule has 1 saturated heterocycles. The molecular weight excluding hydrogens is 352 g/mol. The second-order valence-corrected chi connectivity index (χ2v) is 9.14. The third kappa shape index (κ3) is 4.84. The fourth-order valence-electron chi connectivity index (χ4n) is 3.06. The minimum absolute atomic E-state index is 0.0250. The number of carbonyl (C=O) groups is 2. The van der Waals surface area contributed by atoms with Crippen molar-refractivity contribution in [2.75, 3.05) is 18.0 Å². The molecule has 7 heteroatoms. The molecule has 0 saturated carbocycles. The molecule has 1 unspecified atom stereocenters. The summed E-state index contributed by atoms with van der Waals surface area (Å²) in [6.45, 7) is 8.63. The normalized spacial score (nSPS) is 18.2. The average molecular weight is 381 g/mol. The van der Waals surface area contributed by atoms with Gasteiger partial charge in [0.25, 0.3) is 10.0 Å². The predicted octanol–water partition coefficient (Wildman–Crippen LogP) is 2.59. The second kappa shape index (κ2) is 8.20. The van der Waals surface area contributed by atoms with Crippen molar-refractivity contribution in [2.24, 2.45) is 17.8 Å². The van der Waals surface area contributed by atoms with Gasteiger partial charge in [-0.3, -0.25) is 9.59 Å². The highest BCUT2D eigenvalue weighted by molar-refractivity contribution is 7.90. The number of nitrogens with zero attached hydrogens (tertiary/aromatic N) is 1. The molecule has 0 aliphatic carbocycles. The van der Waals surface area contributed by atoms with E-state index < -0.39 is 21.8 Å². The molecule has 0 spiro atoms. The number of anilines is 1. The maximum absolute atomic E-state index is 12.3. The third-order valence-electron chi connectivity index (χ3n) is 4.66. The molecule has 0 bridgehead atoms. The van der Waals surface area contributed by atoms with E-state index in [1.165, 1.54) is 12.1 Å². The van der Waals surface area contributed by atoms with Crippen molar-refractivity contribution < 1.29 is 18.0 Å². The van der Waals surface area contributed by atoms with Gasteiger partial charge in [0.2, 0.25) is 5.91 Å². The molecular formula is C19H28N2O4S. The first-order valence-corrected chi connectivity index (χ1v) is 10.6. The minimum atomic E-state index is -3.86. The molecule has 1 aliphatic rings. The van der Waals surface area contributed by atoms with E-state index in [4.69, 9.17) is 0 Å². The van der Waals surface area contributed by atoms with Crippen LogP contribution >= 0.6 is 0 Å². The summed E-state index contributed by atoms with van der Waals surface area (Å²) in [5.41, 5.74) is 0.889. The van der Waals surface area contributed by atoms with Gasteiger partial charge in [-0.2, -0.15) is 0 Å². The van der Waals surface area contributed by atoms with Crippen LogP contribution in [0, 0.1) is 17.8 Å². The summed E-state index contributed by atoms with van der Waals surface area (Å²) in [5, 5.41) is 0. The molecule has 1 aliphatic heterocycles. The summed E-state index contributed by atoms with van der Waals surface area (Å²) in [6, 6.07) is 6.46. The van der Waals surface area contributed by atoms with Crippen LogP contribution in [0.3, 0.4) is 0 Å². The number of sulfonamides is 1. The van der Waals surface area contributed by atoms with Crippen LogP contribution in [0.4, 0.5) is 5.69 Å². The predicted molar refractivity (Wildman–Crippen MR) is 101 cm³/mol. The number of ketones is 1. The number of carbonyl (C=O) groups excluding carboxylic acids is 2. The maximum atomic E-state index is 12.3. The fraction of sp³-hybridized carbons (Fsp3) is 0.579. The number of rotatable bonds is 6. The van der Waals surface area contributed by atoms with Crippen LogP contribution in [-0.2, 0) is 19.6 Å². The summed E-state index contributed by atoms with van der Waals surface area (Å²) in [5.74, 6) is -0.604. The van der Waals surface area contributed by atoms with Crippen molar-refractivity contribution >= 4 is 27.4 Å². The molecule has 6 nitrogen and oxygen atoms in total. The highest BCUT2D eigenvalue weighted by atomic mass is 32.2. The van der Waals surface area contributed by atoms with Gasteiger partial charge in [-0.25, -0.2) is 13.1 Å². The molecule has 1 atom stereocenters. The van der Waals surface area contributed by atoms with Gasteiger partial charge in [0.05, 0.1) is 4.90 Å². The molecule has 26 heavy (non-hydrogen) atoms. The summed E-state index contributed by atoms with van der Waals surface area (Å²) in [4.78, 5) is 26.1. The fourth-order valence-corrected chi connectivity index (χ4v) is 4.17. The van der Waals surface area contributed by atoms with E-state index >= 15 is 0 Å². The van der Waals surface area contributed by atoms with Crippen LogP contribution in [0.1, 0.15) is 40.5 Å². The van der Waals surface area contributed by atoms with Gasteiger partial charge in [0.1, 0.15) is 5.78 Å². The highest BCUT2D eigenvalue weighted by Crippen LogP contribution is 2.26. The third-order valence-corrected chi connectivity index (χ3v) is 6.03. The van der Waals surface area contributed by atoms with E-state index in [0.717, 1.165) is 25.1 Å². The second-order valence-electron chi connectivity index (χ2n) is 7.46. The van der Waals surface area contributed by atoms with Crippen molar-refractivity contribution in [1.82, 2.24) is 4.72 Å². The van der Waals surface area contributed by atoms with Gasteiger partial charge in [-0.05, 0) is 37.1 Å². The van der Waals surface area contributed by atoms with E-state index in [9.17, 15) is 18.0 Å². The lowest BCUT2D eigenvalue weighted by Gasteiger charge is -2.34. The summed E-state index contributed by atoms with van der Waals surface area (Å²) in [6.07, 6.45) is 1.84. The smallest absolute Gasteiger partial charge is 0.264 e. The van der Waals surface area contributed by atoms with Crippen molar-refractivity contribution in [2.45, 2.75) is 45.4 Å². The number of hydrogen-bond acceptors (Lipinski definition) is 5. The Balaban J connectivity index is 2.11. The monoisotopic (exact) mass is 380 g/mol. The number of hydrogen-bond donors (Lipinski definition) is 1. The zero-order valence-electron chi connectivity index (χ0n) is 15.9. The van der Waals surface area contributed by atoms with Crippen LogP contribution in [-0.4, -0.2) is 33.2 Å². The molecule has 2 rings (SSSR count). The van der Waals surface area contributed by atoms with E-state index in [-0.39, 0.29) is 22.5 Å². The number of benzene rings is 1. The lowest BCUT2D eigenvalue weighted by molar-refractivity contribution is -0.126. The number of piperidine rings is 1. The first kappa shape index (κ1) is 20.4. The Labute approximate surface area is 156 Å². The molecule has 1 aromatic rings. The van der Waals surface area contributed by atoms with E-state index in [0.29, 0.717) is 6.54 Å². The van der Waals surface area contributed by atoms with Crippen molar-refractivity contribution in [3.8, 4) is 0 Å². The Morgan fingerprint density at radius 2 is 1.69 bits per heavy atom. The molecule has 0 radical (unpaired) electrons. The first-order chi connectivity index (χ1) is 12.1. The highest BCUT2D eigenvalue weighted by Gasteiger charge is 2.27. The minimum Gasteiger partial charge on any atom is -0.371 e. The summed E-state index contributed by atoms with van der Waals surface area (Å²) in [7, 11) is -3.86. The quantitative estimate of drug-likeness (QED) is 0.820. The van der Waals surface area contributed by atoms with Crippen molar-refractivity contribution in [1.29, 1.82) is 0 Å². The van der Waals surface area contributed by atoms with Gasteiger partial charge >= 0.3 is 0 Å². The van der Waals surface area contributed by atoms with Crippen LogP contribution < -0.4 is 9.62 Å². The van der Waals surface area contributed by atoms with Crippen LogP contribution in [0.5, 0.6) is 0 Å². The molecule has 0 aromatic heterocycles. The van der Waals surface area contributed by atoms with Gasteiger partial charge in [-0.15, -0.1) is 0 Å². The van der Waals surface area contributed by atoms with Gasteiger partial charge in [-0.1, -0.05) is 27.7 Å². The van der Waals surface area contributed by atoms with Crippen molar-refractivity contribution in [3.63, 3.8) is 0 Å². The molecule has 1 amide bonds. The van der Waals surface area contributed by atoms with Crippen LogP contribution in [0.15, 0.2) is 29.2 Å². The van der Waals surface area contributed by atoms with Gasteiger partial charge in [0, 0.05) is 36.5 Å². The Kier molecular flexibility index (Phi) is 6.44. The molecule has 1 N–H and O–H groups in total. The van der Waals surface area contributed by atoms with Crippen LogP contribution in [0.2, 0.25) is 0 Å². The lowest BCUT2D eigenvalue weighted by Crippen LogP contribution is -2.40.